The molecule has 1 saturated carbocycles. The van der Waals surface area contributed by atoms with E-state index in [1.54, 1.807) is 0 Å². The number of hydrogen-bond donors (Lipinski definition) is 2. The lowest BCUT2D eigenvalue weighted by molar-refractivity contribution is 0.317. The van der Waals surface area contributed by atoms with Crippen molar-refractivity contribution in [1.82, 2.24) is 0 Å². The van der Waals surface area contributed by atoms with Gasteiger partial charge in [-0.3, -0.25) is 0 Å². The van der Waals surface area contributed by atoms with Gasteiger partial charge in [0.15, 0.2) is 0 Å². The van der Waals surface area contributed by atoms with Gasteiger partial charge in [-0.15, -0.1) is 0 Å². The van der Waals surface area contributed by atoms with Crippen LogP contribution in [0.3, 0.4) is 0 Å². The van der Waals surface area contributed by atoms with Crippen LogP contribution in [-0.4, -0.2) is 11.0 Å². The van der Waals surface area contributed by atoms with Crippen LogP contribution >= 0.6 is 12.2 Å². The second kappa shape index (κ2) is 6.38. The van der Waals surface area contributed by atoms with Gasteiger partial charge in [0, 0.05) is 17.3 Å². The molecule has 104 valence electrons. The van der Waals surface area contributed by atoms with E-state index < -0.39 is 0 Å². The van der Waals surface area contributed by atoms with Crippen LogP contribution in [-0.2, 0) is 0 Å². The summed E-state index contributed by atoms with van der Waals surface area (Å²) in [7, 11) is 0. The minimum atomic E-state index is 0.478. The molecule has 2 nitrogen and oxygen atoms in total. The maximum absolute atomic E-state index is 5.83. The highest BCUT2D eigenvalue weighted by molar-refractivity contribution is 7.80. The molecule has 3 N–H and O–H groups in total. The standard InChI is InChI=1S/C16H24N2S/c1-3-12-6-4-5-7-14(12)18-15-10-11(2)8-9-13(15)16(17)19/h8-10,12,14,18H,3-7H2,1-2H3,(H2,17,19). The average molecular weight is 276 g/mol. The molecule has 0 spiro atoms. The third-order valence-corrected chi connectivity index (χ3v) is 4.43. The summed E-state index contributed by atoms with van der Waals surface area (Å²) in [6, 6.07) is 6.82. The minimum Gasteiger partial charge on any atom is -0.389 e. The van der Waals surface area contributed by atoms with Gasteiger partial charge in [-0.25, -0.2) is 0 Å². The van der Waals surface area contributed by atoms with E-state index in [4.69, 9.17) is 18.0 Å². The fourth-order valence-electron chi connectivity index (χ4n) is 3.08. The summed E-state index contributed by atoms with van der Waals surface area (Å²) < 4.78 is 0. The van der Waals surface area contributed by atoms with Crippen molar-refractivity contribution in [3.05, 3.63) is 29.3 Å². The molecule has 0 aromatic heterocycles. The second-order valence-electron chi connectivity index (χ2n) is 5.62. The summed E-state index contributed by atoms with van der Waals surface area (Å²) in [6.07, 6.45) is 6.52. The third kappa shape index (κ3) is 3.47. The topological polar surface area (TPSA) is 38.0 Å². The quantitative estimate of drug-likeness (QED) is 0.816. The number of aryl methyl sites for hydroxylation is 1. The van der Waals surface area contributed by atoms with E-state index in [-0.39, 0.29) is 0 Å². The molecule has 2 atom stereocenters. The summed E-state index contributed by atoms with van der Waals surface area (Å²) in [5, 5.41) is 3.71. The molecular weight excluding hydrogens is 252 g/mol. The molecule has 19 heavy (non-hydrogen) atoms. The lowest BCUT2D eigenvalue weighted by Crippen LogP contribution is -2.32. The molecule has 0 amide bonds. The monoisotopic (exact) mass is 276 g/mol. The van der Waals surface area contributed by atoms with Gasteiger partial charge >= 0.3 is 0 Å². The summed E-state index contributed by atoms with van der Waals surface area (Å²) in [6.45, 7) is 4.39. The Labute approximate surface area is 121 Å². The molecule has 1 aromatic carbocycles. The first-order chi connectivity index (χ1) is 9.11. The van der Waals surface area contributed by atoms with Crippen molar-refractivity contribution in [2.24, 2.45) is 11.7 Å². The lowest BCUT2D eigenvalue weighted by Gasteiger charge is -2.33. The fraction of sp³-hybridized carbons (Fsp3) is 0.562. The van der Waals surface area contributed by atoms with Gasteiger partial charge in [0.2, 0.25) is 0 Å². The molecule has 2 unspecified atom stereocenters. The number of nitrogens with two attached hydrogens (primary N) is 1. The summed E-state index contributed by atoms with van der Waals surface area (Å²) in [5.41, 5.74) is 9.15. The van der Waals surface area contributed by atoms with Crippen molar-refractivity contribution < 1.29 is 0 Å². The number of anilines is 1. The number of thiocarbonyl (C=S) groups is 1. The fourth-order valence-corrected chi connectivity index (χ4v) is 3.26. The molecule has 0 radical (unpaired) electrons. The van der Waals surface area contributed by atoms with E-state index in [1.165, 1.54) is 37.7 Å². The molecule has 3 heteroatoms. The van der Waals surface area contributed by atoms with Crippen LogP contribution in [0.15, 0.2) is 18.2 Å². The van der Waals surface area contributed by atoms with Crippen molar-refractivity contribution in [3.63, 3.8) is 0 Å². The molecule has 1 fully saturated rings. The lowest BCUT2D eigenvalue weighted by atomic mass is 9.82. The number of nitrogens with one attached hydrogen (secondary N) is 1. The zero-order valence-electron chi connectivity index (χ0n) is 11.9. The van der Waals surface area contributed by atoms with E-state index >= 15 is 0 Å². The van der Waals surface area contributed by atoms with Crippen molar-refractivity contribution in [2.45, 2.75) is 52.0 Å². The van der Waals surface area contributed by atoms with E-state index in [1.807, 2.05) is 6.07 Å². The van der Waals surface area contributed by atoms with Crippen molar-refractivity contribution >= 4 is 22.9 Å². The molecular formula is C16H24N2S. The van der Waals surface area contributed by atoms with Crippen molar-refractivity contribution in [3.8, 4) is 0 Å². The highest BCUT2D eigenvalue weighted by Crippen LogP contribution is 2.30. The van der Waals surface area contributed by atoms with Gasteiger partial charge in [0.25, 0.3) is 0 Å². The maximum Gasteiger partial charge on any atom is 0.106 e. The van der Waals surface area contributed by atoms with Crippen LogP contribution < -0.4 is 11.1 Å². The third-order valence-electron chi connectivity index (χ3n) is 4.21. The van der Waals surface area contributed by atoms with E-state index in [2.05, 4.69) is 31.3 Å². The first-order valence-corrected chi connectivity index (χ1v) is 7.69. The maximum atomic E-state index is 5.83. The molecule has 1 aromatic rings. The van der Waals surface area contributed by atoms with Crippen LogP contribution in [0, 0.1) is 12.8 Å². The Balaban J connectivity index is 2.21. The van der Waals surface area contributed by atoms with Gasteiger partial charge in [-0.2, -0.15) is 0 Å². The minimum absolute atomic E-state index is 0.478. The van der Waals surface area contributed by atoms with Gasteiger partial charge in [0.05, 0.1) is 0 Å². The Kier molecular flexibility index (Phi) is 4.81. The van der Waals surface area contributed by atoms with Gasteiger partial charge in [-0.05, 0) is 43.4 Å². The predicted octanol–water partition coefficient (Wildman–Crippen LogP) is 4.01. The molecule has 0 saturated heterocycles. The zero-order valence-corrected chi connectivity index (χ0v) is 12.7. The van der Waals surface area contributed by atoms with Crippen LogP contribution in [0.4, 0.5) is 5.69 Å². The van der Waals surface area contributed by atoms with Crippen molar-refractivity contribution in [2.75, 3.05) is 5.32 Å². The number of hydrogen-bond acceptors (Lipinski definition) is 2. The zero-order chi connectivity index (χ0) is 13.8. The van der Waals surface area contributed by atoms with E-state index in [0.29, 0.717) is 11.0 Å². The SMILES string of the molecule is CCC1CCCCC1Nc1cc(C)ccc1C(N)=S. The largest absolute Gasteiger partial charge is 0.389 e. The summed E-state index contributed by atoms with van der Waals surface area (Å²) >= 11 is 5.16. The highest BCUT2D eigenvalue weighted by Gasteiger charge is 2.24. The average Bonchev–Trinajstić information content (AvgIpc) is 2.39. The van der Waals surface area contributed by atoms with Crippen molar-refractivity contribution in [1.29, 1.82) is 0 Å². The van der Waals surface area contributed by atoms with Gasteiger partial charge < -0.3 is 11.1 Å². The normalized spacial score (nSPS) is 23.1. The second-order valence-corrected chi connectivity index (χ2v) is 6.06. The molecule has 0 heterocycles. The molecule has 1 aliphatic carbocycles. The molecule has 0 aliphatic heterocycles. The smallest absolute Gasteiger partial charge is 0.106 e. The first kappa shape index (κ1) is 14.3. The van der Waals surface area contributed by atoms with E-state index in [0.717, 1.165) is 17.2 Å². The number of rotatable bonds is 4. The molecule has 0 bridgehead atoms. The number of benzene rings is 1. The Morgan fingerprint density at radius 1 is 1.37 bits per heavy atom. The van der Waals surface area contributed by atoms with E-state index in [9.17, 15) is 0 Å². The Bertz CT molecular complexity index is 456. The highest BCUT2D eigenvalue weighted by atomic mass is 32.1. The Morgan fingerprint density at radius 3 is 2.79 bits per heavy atom. The van der Waals surface area contributed by atoms with Crippen LogP contribution in [0.5, 0.6) is 0 Å². The first-order valence-electron chi connectivity index (χ1n) is 7.28. The van der Waals surface area contributed by atoms with Crippen LogP contribution in [0.2, 0.25) is 0 Å². The van der Waals surface area contributed by atoms with Gasteiger partial charge in [0.1, 0.15) is 4.99 Å². The molecule has 1 aliphatic rings. The van der Waals surface area contributed by atoms with Crippen LogP contribution in [0.25, 0.3) is 0 Å². The van der Waals surface area contributed by atoms with Crippen LogP contribution in [0.1, 0.15) is 50.2 Å². The summed E-state index contributed by atoms with van der Waals surface area (Å²) in [5.74, 6) is 0.772. The van der Waals surface area contributed by atoms with Gasteiger partial charge in [-0.1, -0.05) is 44.5 Å². The Hall–Kier alpha value is -1.09. The Morgan fingerprint density at radius 2 is 2.11 bits per heavy atom. The summed E-state index contributed by atoms with van der Waals surface area (Å²) in [4.78, 5) is 0.478. The molecule has 2 rings (SSSR count). The predicted molar refractivity (Wildman–Crippen MR) is 86.7 cm³/mol.